The molecule has 7 heteroatoms. The molecule has 1 heterocycles. The Morgan fingerprint density at radius 2 is 2.05 bits per heavy atom. The third kappa shape index (κ3) is 4.71. The summed E-state index contributed by atoms with van der Waals surface area (Å²) in [4.78, 5) is 3.18. The van der Waals surface area contributed by atoms with E-state index in [0.717, 1.165) is 22.7 Å². The van der Waals surface area contributed by atoms with Crippen molar-refractivity contribution in [3.8, 4) is 0 Å². The summed E-state index contributed by atoms with van der Waals surface area (Å²) < 4.78 is 25.2. The van der Waals surface area contributed by atoms with E-state index in [2.05, 4.69) is 15.0 Å². The Morgan fingerprint density at radius 3 is 2.71 bits per heavy atom. The Kier molecular flexibility index (Phi) is 4.63. The lowest BCUT2D eigenvalue weighted by Gasteiger charge is -2.25. The van der Waals surface area contributed by atoms with Crippen molar-refractivity contribution in [1.82, 2.24) is 15.0 Å². The van der Waals surface area contributed by atoms with Crippen LogP contribution in [0.15, 0.2) is 24.4 Å². The average Bonchev–Trinajstić information content (AvgIpc) is 2.68. The van der Waals surface area contributed by atoms with Gasteiger partial charge < -0.3 is 10.3 Å². The van der Waals surface area contributed by atoms with Crippen molar-refractivity contribution in [2.45, 2.75) is 25.9 Å². The molecule has 0 aliphatic heterocycles. The van der Waals surface area contributed by atoms with Gasteiger partial charge in [-0.1, -0.05) is 17.7 Å². The number of fused-ring (bicyclic) bond motifs is 1. The van der Waals surface area contributed by atoms with Crippen LogP contribution in [0.4, 0.5) is 0 Å². The fourth-order valence-electron chi connectivity index (χ4n) is 2.35. The van der Waals surface area contributed by atoms with Crippen molar-refractivity contribution in [1.29, 1.82) is 0 Å². The molecule has 0 bridgehead atoms. The number of hydrogen-bond donors (Lipinski definition) is 3. The van der Waals surface area contributed by atoms with E-state index in [4.69, 9.17) is 11.6 Å². The van der Waals surface area contributed by atoms with Gasteiger partial charge in [0.15, 0.2) is 0 Å². The van der Waals surface area contributed by atoms with Crippen LogP contribution in [0.1, 0.15) is 19.4 Å². The van der Waals surface area contributed by atoms with E-state index < -0.39 is 15.6 Å². The van der Waals surface area contributed by atoms with E-state index in [1.807, 2.05) is 38.2 Å². The van der Waals surface area contributed by atoms with Gasteiger partial charge in [-0.15, -0.1) is 0 Å². The molecular weight excluding hydrogens is 310 g/mol. The predicted molar refractivity (Wildman–Crippen MR) is 87.1 cm³/mol. The molecule has 0 spiro atoms. The normalized spacial score (nSPS) is 13.0. The van der Waals surface area contributed by atoms with Gasteiger partial charge in [0.1, 0.15) is 0 Å². The van der Waals surface area contributed by atoms with Gasteiger partial charge in [-0.3, -0.25) is 0 Å². The van der Waals surface area contributed by atoms with Crippen LogP contribution in [-0.2, 0) is 16.6 Å². The predicted octanol–water partition coefficient (Wildman–Crippen LogP) is 2.24. The quantitative estimate of drug-likeness (QED) is 0.761. The lowest BCUT2D eigenvalue weighted by atomic mass is 10.1. The van der Waals surface area contributed by atoms with Gasteiger partial charge in [-0.2, -0.15) is 0 Å². The van der Waals surface area contributed by atoms with Gasteiger partial charge in [0.25, 0.3) is 0 Å². The molecule has 2 aromatic rings. The van der Waals surface area contributed by atoms with Gasteiger partial charge in [0.2, 0.25) is 10.0 Å². The zero-order valence-electron chi connectivity index (χ0n) is 12.3. The molecule has 5 nitrogen and oxygen atoms in total. The summed E-state index contributed by atoms with van der Waals surface area (Å²) in [6, 6.07) is 5.72. The minimum Gasteiger partial charge on any atom is -0.361 e. The van der Waals surface area contributed by atoms with Crippen molar-refractivity contribution in [3.63, 3.8) is 0 Å². The van der Waals surface area contributed by atoms with Crippen LogP contribution >= 0.6 is 11.6 Å². The smallest absolute Gasteiger partial charge is 0.209 e. The summed E-state index contributed by atoms with van der Waals surface area (Å²) in [5.41, 5.74) is 1.58. The summed E-state index contributed by atoms with van der Waals surface area (Å²) in [5.74, 6) is 0. The third-order valence-corrected chi connectivity index (χ3v) is 4.23. The van der Waals surface area contributed by atoms with Crippen LogP contribution in [0.2, 0.25) is 5.02 Å². The second-order valence-electron chi connectivity index (χ2n) is 5.87. The first-order valence-electron chi connectivity index (χ1n) is 6.61. The summed E-state index contributed by atoms with van der Waals surface area (Å²) >= 11 is 5.95. The van der Waals surface area contributed by atoms with E-state index in [-0.39, 0.29) is 0 Å². The number of sulfonamides is 1. The molecule has 0 aliphatic rings. The topological polar surface area (TPSA) is 74.0 Å². The minimum absolute atomic E-state index is 0.528. The van der Waals surface area contributed by atoms with Crippen LogP contribution < -0.4 is 10.0 Å². The zero-order valence-corrected chi connectivity index (χ0v) is 13.9. The number of aromatic nitrogens is 1. The van der Waals surface area contributed by atoms with E-state index in [1.165, 1.54) is 0 Å². The van der Waals surface area contributed by atoms with E-state index in [0.29, 0.717) is 18.1 Å². The van der Waals surface area contributed by atoms with E-state index >= 15 is 0 Å². The maximum Gasteiger partial charge on any atom is 0.209 e. The lowest BCUT2D eigenvalue weighted by molar-refractivity contribution is 0.421. The second-order valence-corrected chi connectivity index (χ2v) is 8.05. The molecular formula is C14H20ClN3O2S. The molecule has 0 radical (unpaired) electrons. The fourth-order valence-corrected chi connectivity index (χ4v) is 3.60. The van der Waals surface area contributed by atoms with E-state index in [9.17, 15) is 8.42 Å². The van der Waals surface area contributed by atoms with Gasteiger partial charge >= 0.3 is 0 Å². The molecule has 2 rings (SSSR count). The molecule has 0 saturated carbocycles. The molecule has 0 aliphatic carbocycles. The Labute approximate surface area is 130 Å². The highest BCUT2D eigenvalue weighted by Crippen LogP contribution is 2.21. The van der Waals surface area contributed by atoms with Gasteiger partial charge in [-0.25, -0.2) is 13.1 Å². The molecule has 1 aromatic heterocycles. The summed E-state index contributed by atoms with van der Waals surface area (Å²) in [6.07, 6.45) is 3.10. The first-order chi connectivity index (χ1) is 9.66. The van der Waals surface area contributed by atoms with Crippen molar-refractivity contribution < 1.29 is 8.42 Å². The van der Waals surface area contributed by atoms with Crippen molar-refractivity contribution in [3.05, 3.63) is 35.0 Å². The summed E-state index contributed by atoms with van der Waals surface area (Å²) in [7, 11) is -3.22. The molecule has 21 heavy (non-hydrogen) atoms. The Hall–Kier alpha value is -1.08. The van der Waals surface area contributed by atoms with Gasteiger partial charge in [-0.05, 0) is 31.5 Å². The van der Waals surface area contributed by atoms with Crippen LogP contribution in [0.5, 0.6) is 0 Å². The number of aromatic amines is 1. The Morgan fingerprint density at radius 1 is 1.33 bits per heavy atom. The highest BCUT2D eigenvalue weighted by molar-refractivity contribution is 7.88. The second kappa shape index (κ2) is 5.96. The average molecular weight is 330 g/mol. The standard InChI is InChI=1S/C14H20ClN3O2S/c1-14(2,18-21(3,19)20)9-16-7-10-8-17-13-6-11(15)4-5-12(10)13/h4-6,8,16-18H,7,9H2,1-3H3. The number of rotatable bonds is 6. The first kappa shape index (κ1) is 16.3. The highest BCUT2D eigenvalue weighted by atomic mass is 35.5. The fraction of sp³-hybridized carbons (Fsp3) is 0.429. The number of hydrogen-bond acceptors (Lipinski definition) is 3. The number of halogens is 1. The van der Waals surface area contributed by atoms with Crippen LogP contribution in [-0.4, -0.2) is 31.7 Å². The lowest BCUT2D eigenvalue weighted by Crippen LogP contribution is -2.49. The molecule has 0 atom stereocenters. The van der Waals surface area contributed by atoms with Crippen molar-refractivity contribution >= 4 is 32.5 Å². The Balaban J connectivity index is 1.99. The number of benzene rings is 1. The molecule has 0 fully saturated rings. The number of H-pyrrole nitrogens is 1. The minimum atomic E-state index is -3.22. The maximum absolute atomic E-state index is 11.3. The van der Waals surface area contributed by atoms with Crippen LogP contribution in [0.3, 0.4) is 0 Å². The molecule has 3 N–H and O–H groups in total. The van der Waals surface area contributed by atoms with Gasteiger partial charge in [0, 0.05) is 40.8 Å². The van der Waals surface area contributed by atoms with Crippen LogP contribution in [0, 0.1) is 0 Å². The Bertz CT molecular complexity index is 738. The molecule has 0 unspecified atom stereocenters. The van der Waals surface area contributed by atoms with Crippen LogP contribution in [0.25, 0.3) is 10.9 Å². The summed E-state index contributed by atoms with van der Waals surface area (Å²) in [5, 5.41) is 5.09. The monoisotopic (exact) mass is 329 g/mol. The molecule has 0 amide bonds. The summed E-state index contributed by atoms with van der Waals surface area (Å²) in [6.45, 7) is 4.86. The molecule has 0 saturated heterocycles. The maximum atomic E-state index is 11.3. The first-order valence-corrected chi connectivity index (χ1v) is 8.88. The van der Waals surface area contributed by atoms with E-state index in [1.54, 1.807) is 0 Å². The molecule has 1 aromatic carbocycles. The highest BCUT2D eigenvalue weighted by Gasteiger charge is 2.21. The van der Waals surface area contributed by atoms with Crippen molar-refractivity contribution in [2.24, 2.45) is 0 Å². The molecule has 116 valence electrons. The number of nitrogens with one attached hydrogen (secondary N) is 3. The van der Waals surface area contributed by atoms with Crippen molar-refractivity contribution in [2.75, 3.05) is 12.8 Å². The van der Waals surface area contributed by atoms with Gasteiger partial charge in [0.05, 0.1) is 6.26 Å². The zero-order chi connectivity index (χ0) is 15.7. The largest absolute Gasteiger partial charge is 0.361 e. The third-order valence-electron chi connectivity index (χ3n) is 3.07. The SMILES string of the molecule is CC(C)(CNCc1c[nH]c2cc(Cl)ccc12)NS(C)(=O)=O.